The number of rotatable bonds is 8. The molecule has 1 amide bonds. The summed E-state index contributed by atoms with van der Waals surface area (Å²) in [4.78, 5) is 27.2. The van der Waals surface area contributed by atoms with Gasteiger partial charge in [0.2, 0.25) is 5.91 Å². The average molecular weight is 494 g/mol. The minimum atomic E-state index is -0.408. The van der Waals surface area contributed by atoms with Gasteiger partial charge in [0.15, 0.2) is 0 Å². The Morgan fingerprint density at radius 1 is 0.946 bits per heavy atom. The first-order valence-electron chi connectivity index (χ1n) is 13.0. The number of carbonyl (C=O) groups is 2. The Morgan fingerprint density at radius 2 is 1.59 bits per heavy atom. The highest BCUT2D eigenvalue weighted by Gasteiger charge is 2.27. The third-order valence-corrected chi connectivity index (χ3v) is 7.02. The van der Waals surface area contributed by atoms with E-state index in [1.54, 1.807) is 6.08 Å². The first kappa shape index (κ1) is 26.2. The number of ether oxygens (including phenoxy) is 1. The molecule has 0 radical (unpaired) electrons. The molecule has 0 aromatic heterocycles. The molecular weight excluding hydrogens is 458 g/mol. The minimum absolute atomic E-state index is 0.0501. The van der Waals surface area contributed by atoms with Crippen LogP contribution in [0.15, 0.2) is 85.5 Å². The molecule has 0 unspecified atom stereocenters. The Labute approximate surface area is 220 Å². The fraction of sp³-hybridized carbons (Fsp3) is 0.273. The first-order valence-corrected chi connectivity index (χ1v) is 13.0. The third-order valence-electron chi connectivity index (χ3n) is 7.02. The zero-order chi connectivity index (χ0) is 26.2. The van der Waals surface area contributed by atoms with Gasteiger partial charge in [-0.3, -0.25) is 4.79 Å². The first-order chi connectivity index (χ1) is 17.9. The normalized spacial score (nSPS) is 13.9. The molecule has 37 heavy (non-hydrogen) atoms. The highest BCUT2D eigenvalue weighted by molar-refractivity contribution is 5.95. The van der Waals surface area contributed by atoms with Crippen LogP contribution in [0.4, 0.5) is 5.69 Å². The van der Waals surface area contributed by atoms with Gasteiger partial charge in [0.05, 0.1) is 13.7 Å². The third kappa shape index (κ3) is 6.85. The Hall–Kier alpha value is -3.92. The zero-order valence-corrected chi connectivity index (χ0v) is 21.8. The molecule has 0 bridgehead atoms. The SMILES string of the molecule is C=C(C)c1ccc(-c2ccc(CN(C(=O)C3CCCCC3)c3cccc(/C=C/C(=O)OC)c3)cc2)cc1. The van der Waals surface area contributed by atoms with Crippen LogP contribution in [-0.2, 0) is 20.9 Å². The molecule has 3 aromatic carbocycles. The Balaban J connectivity index is 1.59. The monoisotopic (exact) mass is 493 g/mol. The van der Waals surface area contributed by atoms with Crippen molar-refractivity contribution < 1.29 is 14.3 Å². The summed E-state index contributed by atoms with van der Waals surface area (Å²) in [5, 5.41) is 0. The van der Waals surface area contributed by atoms with Crippen molar-refractivity contribution in [2.45, 2.75) is 45.6 Å². The second-order valence-corrected chi connectivity index (χ2v) is 9.77. The second kappa shape index (κ2) is 12.4. The van der Waals surface area contributed by atoms with Crippen molar-refractivity contribution in [1.29, 1.82) is 0 Å². The number of allylic oxidation sites excluding steroid dienone is 1. The average Bonchev–Trinajstić information content (AvgIpc) is 2.95. The smallest absolute Gasteiger partial charge is 0.330 e. The lowest BCUT2D eigenvalue weighted by molar-refractivity contribution is -0.134. The summed E-state index contributed by atoms with van der Waals surface area (Å²) in [6.45, 7) is 6.51. The van der Waals surface area contributed by atoms with E-state index in [9.17, 15) is 9.59 Å². The van der Waals surface area contributed by atoms with Crippen molar-refractivity contribution in [3.8, 4) is 11.1 Å². The molecule has 190 valence electrons. The minimum Gasteiger partial charge on any atom is -0.466 e. The molecular formula is C33H35NO3. The number of esters is 1. The van der Waals surface area contributed by atoms with Crippen LogP contribution in [0.5, 0.6) is 0 Å². The van der Waals surface area contributed by atoms with E-state index in [-0.39, 0.29) is 11.8 Å². The largest absolute Gasteiger partial charge is 0.466 e. The maximum Gasteiger partial charge on any atom is 0.330 e. The van der Waals surface area contributed by atoms with Crippen molar-refractivity contribution in [3.63, 3.8) is 0 Å². The number of methoxy groups -OCH3 is 1. The van der Waals surface area contributed by atoms with Gasteiger partial charge in [-0.1, -0.05) is 92.1 Å². The molecule has 3 aromatic rings. The van der Waals surface area contributed by atoms with Crippen molar-refractivity contribution in [3.05, 3.63) is 102 Å². The molecule has 1 aliphatic carbocycles. The topological polar surface area (TPSA) is 46.6 Å². The van der Waals surface area contributed by atoms with E-state index in [2.05, 4.69) is 55.1 Å². The molecule has 0 N–H and O–H groups in total. The van der Waals surface area contributed by atoms with Crippen LogP contribution in [0.3, 0.4) is 0 Å². The van der Waals surface area contributed by atoms with E-state index in [4.69, 9.17) is 4.74 Å². The molecule has 0 atom stereocenters. The summed E-state index contributed by atoms with van der Waals surface area (Å²) < 4.78 is 4.71. The molecule has 0 aliphatic heterocycles. The van der Waals surface area contributed by atoms with E-state index in [1.807, 2.05) is 36.1 Å². The van der Waals surface area contributed by atoms with Crippen molar-refractivity contribution in [2.75, 3.05) is 12.0 Å². The lowest BCUT2D eigenvalue weighted by atomic mass is 9.88. The number of carbonyl (C=O) groups excluding carboxylic acids is 2. The molecule has 0 heterocycles. The van der Waals surface area contributed by atoms with Crippen molar-refractivity contribution >= 4 is 29.2 Å². The van der Waals surface area contributed by atoms with Crippen LogP contribution >= 0.6 is 0 Å². The van der Waals surface area contributed by atoms with Crippen LogP contribution < -0.4 is 4.90 Å². The van der Waals surface area contributed by atoms with E-state index in [0.717, 1.165) is 64.8 Å². The van der Waals surface area contributed by atoms with Crippen LogP contribution in [-0.4, -0.2) is 19.0 Å². The maximum atomic E-state index is 13.7. The number of anilines is 1. The van der Waals surface area contributed by atoms with Gasteiger partial charge in [0, 0.05) is 17.7 Å². The lowest BCUT2D eigenvalue weighted by Gasteiger charge is -2.30. The molecule has 1 fully saturated rings. The zero-order valence-electron chi connectivity index (χ0n) is 21.8. The molecule has 4 rings (SSSR count). The number of hydrogen-bond acceptors (Lipinski definition) is 3. The van der Waals surface area contributed by atoms with Gasteiger partial charge < -0.3 is 9.64 Å². The number of benzene rings is 3. The number of amides is 1. The predicted octanol–water partition coefficient (Wildman–Crippen LogP) is 7.69. The van der Waals surface area contributed by atoms with Gasteiger partial charge in [-0.2, -0.15) is 0 Å². The van der Waals surface area contributed by atoms with Crippen LogP contribution in [0.2, 0.25) is 0 Å². The predicted molar refractivity (Wildman–Crippen MR) is 152 cm³/mol. The summed E-state index contributed by atoms with van der Waals surface area (Å²) in [6.07, 6.45) is 8.40. The van der Waals surface area contributed by atoms with Crippen LogP contribution in [0.1, 0.15) is 55.7 Å². The van der Waals surface area contributed by atoms with Gasteiger partial charge in [-0.05, 0) is 65.8 Å². The van der Waals surface area contributed by atoms with Gasteiger partial charge in [0.25, 0.3) is 0 Å². The molecule has 0 saturated heterocycles. The molecule has 1 saturated carbocycles. The van der Waals surface area contributed by atoms with E-state index < -0.39 is 5.97 Å². The van der Waals surface area contributed by atoms with Gasteiger partial charge >= 0.3 is 5.97 Å². The fourth-order valence-electron chi connectivity index (χ4n) is 4.83. The van der Waals surface area contributed by atoms with Gasteiger partial charge in [-0.15, -0.1) is 0 Å². The summed E-state index contributed by atoms with van der Waals surface area (Å²) in [5.41, 5.74) is 7.23. The highest BCUT2D eigenvalue weighted by atomic mass is 16.5. The molecule has 4 nitrogen and oxygen atoms in total. The summed E-state index contributed by atoms with van der Waals surface area (Å²) in [6, 6.07) is 24.6. The number of nitrogens with zero attached hydrogens (tertiary/aromatic N) is 1. The Kier molecular flexibility index (Phi) is 8.73. The fourth-order valence-corrected chi connectivity index (χ4v) is 4.83. The summed E-state index contributed by atoms with van der Waals surface area (Å²) >= 11 is 0. The Bertz CT molecular complexity index is 1270. The standard InChI is InChI=1S/C33H35NO3/c1-24(2)27-17-19-29(20-18-27)28-15-12-26(13-16-28)23-34(33(36)30-9-5-4-6-10-30)31-11-7-8-25(22-31)14-21-32(35)37-3/h7-8,11-22,30H,1,4-6,9-10,23H2,2-3H3/b21-14+. The molecule has 1 aliphatic rings. The Morgan fingerprint density at radius 3 is 2.22 bits per heavy atom. The summed E-state index contributed by atoms with van der Waals surface area (Å²) in [7, 11) is 1.36. The maximum absolute atomic E-state index is 13.7. The van der Waals surface area contributed by atoms with E-state index >= 15 is 0 Å². The van der Waals surface area contributed by atoms with Crippen LogP contribution in [0, 0.1) is 5.92 Å². The van der Waals surface area contributed by atoms with Gasteiger partial charge in [0.1, 0.15) is 0 Å². The van der Waals surface area contributed by atoms with E-state index in [1.165, 1.54) is 19.6 Å². The summed E-state index contributed by atoms with van der Waals surface area (Å²) in [5.74, 6) is -0.183. The highest BCUT2D eigenvalue weighted by Crippen LogP contribution is 2.30. The van der Waals surface area contributed by atoms with Crippen LogP contribution in [0.25, 0.3) is 22.8 Å². The van der Waals surface area contributed by atoms with E-state index in [0.29, 0.717) is 6.54 Å². The number of hydrogen-bond donors (Lipinski definition) is 0. The molecule has 4 heteroatoms. The lowest BCUT2D eigenvalue weighted by Crippen LogP contribution is -2.36. The quantitative estimate of drug-likeness (QED) is 0.239. The van der Waals surface area contributed by atoms with Gasteiger partial charge in [-0.25, -0.2) is 4.79 Å². The second-order valence-electron chi connectivity index (χ2n) is 9.77. The van der Waals surface area contributed by atoms with Crippen molar-refractivity contribution in [1.82, 2.24) is 0 Å². The van der Waals surface area contributed by atoms with Crippen molar-refractivity contribution in [2.24, 2.45) is 5.92 Å². The molecule has 0 spiro atoms.